The fourth-order valence-corrected chi connectivity index (χ4v) is 8.36. The summed E-state index contributed by atoms with van der Waals surface area (Å²) < 4.78 is 8.40. The maximum absolute atomic E-state index is 13.0. The van der Waals surface area contributed by atoms with Crippen LogP contribution in [0.3, 0.4) is 0 Å². The molecule has 1 aliphatic carbocycles. The van der Waals surface area contributed by atoms with Crippen molar-refractivity contribution in [3.05, 3.63) is 77.1 Å². The molecule has 2 aromatic heterocycles. The predicted molar refractivity (Wildman–Crippen MR) is 200 cm³/mol. The first-order valence-corrected chi connectivity index (χ1v) is 18.9. The number of nitrogens with zero attached hydrogens (tertiary/aromatic N) is 7. The van der Waals surface area contributed by atoms with Gasteiger partial charge in [0.15, 0.2) is 11.5 Å². The summed E-state index contributed by atoms with van der Waals surface area (Å²) >= 11 is 6.14. The van der Waals surface area contributed by atoms with Crippen molar-refractivity contribution in [2.24, 2.45) is 5.92 Å². The molecule has 0 unspecified atom stereocenters. The molecule has 3 saturated heterocycles. The number of carbonyl (C=O) groups excluding carboxylic acids is 3. The number of imide groups is 1. The highest BCUT2D eigenvalue weighted by Gasteiger charge is 2.33. The van der Waals surface area contributed by atoms with Crippen LogP contribution < -0.4 is 25.2 Å². The van der Waals surface area contributed by atoms with Gasteiger partial charge >= 0.3 is 6.03 Å². The zero-order chi connectivity index (χ0) is 36.5. The number of aromatic nitrogens is 3. The number of hydrogen-bond donors (Lipinski definition) is 2. The van der Waals surface area contributed by atoms with Gasteiger partial charge in [0.1, 0.15) is 11.8 Å². The Bertz CT molecular complexity index is 2040. The smallest absolute Gasteiger partial charge is 0.328 e. The lowest BCUT2D eigenvalue weighted by molar-refractivity contribution is -0.120. The third-order valence-electron chi connectivity index (χ3n) is 11.1. The number of halogens is 1. The lowest BCUT2D eigenvalue weighted by Gasteiger charge is -2.43. The molecule has 8 rings (SSSR count). The van der Waals surface area contributed by atoms with Crippen molar-refractivity contribution in [1.29, 1.82) is 5.26 Å². The summed E-state index contributed by atoms with van der Waals surface area (Å²) in [6, 6.07) is 19.0. The van der Waals surface area contributed by atoms with E-state index in [1.54, 1.807) is 29.2 Å². The maximum atomic E-state index is 13.0. The van der Waals surface area contributed by atoms with E-state index in [1.807, 2.05) is 18.2 Å². The molecule has 4 fully saturated rings. The van der Waals surface area contributed by atoms with E-state index in [0.29, 0.717) is 47.0 Å². The average molecular weight is 736 g/mol. The minimum atomic E-state index is -0.361. The number of benzene rings is 2. The van der Waals surface area contributed by atoms with E-state index in [1.165, 1.54) is 0 Å². The van der Waals surface area contributed by atoms with Gasteiger partial charge in [-0.1, -0.05) is 17.7 Å². The van der Waals surface area contributed by atoms with Crippen LogP contribution in [0, 0.1) is 17.2 Å². The molecule has 0 radical (unpaired) electrons. The molecule has 1 saturated carbocycles. The second-order valence-corrected chi connectivity index (χ2v) is 15.0. The van der Waals surface area contributed by atoms with Crippen LogP contribution in [0.1, 0.15) is 67.0 Å². The van der Waals surface area contributed by atoms with E-state index in [-0.39, 0.29) is 30.0 Å². The Labute approximate surface area is 312 Å². The molecule has 4 aromatic rings. The third kappa shape index (κ3) is 7.52. The van der Waals surface area contributed by atoms with Crippen molar-refractivity contribution < 1.29 is 19.1 Å². The van der Waals surface area contributed by atoms with Crippen LogP contribution >= 0.6 is 11.6 Å². The Morgan fingerprint density at radius 1 is 0.981 bits per heavy atom. The number of fused-ring (bicyclic) bond motifs is 1. The van der Waals surface area contributed by atoms with E-state index in [2.05, 4.69) is 59.6 Å². The van der Waals surface area contributed by atoms with Crippen molar-refractivity contribution in [2.75, 3.05) is 49.1 Å². The first-order chi connectivity index (χ1) is 25.8. The van der Waals surface area contributed by atoms with Crippen LogP contribution in [0.15, 0.2) is 60.8 Å². The Morgan fingerprint density at radius 2 is 1.79 bits per heavy atom. The molecular formula is C39H42ClN9O4. The van der Waals surface area contributed by atoms with Gasteiger partial charge in [-0.2, -0.15) is 5.26 Å². The summed E-state index contributed by atoms with van der Waals surface area (Å²) in [5, 5.41) is 24.7. The minimum absolute atomic E-state index is 0.0335. The highest BCUT2D eigenvalue weighted by atomic mass is 35.5. The average Bonchev–Trinajstić information content (AvgIpc) is 3.58. The summed E-state index contributed by atoms with van der Waals surface area (Å²) in [4.78, 5) is 43.6. The van der Waals surface area contributed by atoms with Gasteiger partial charge in [0.2, 0.25) is 5.91 Å². The summed E-state index contributed by atoms with van der Waals surface area (Å²) in [6.45, 7) is 5.25. The van der Waals surface area contributed by atoms with Gasteiger partial charge in [-0.05, 0) is 86.9 Å². The second-order valence-electron chi connectivity index (χ2n) is 14.6. The van der Waals surface area contributed by atoms with Crippen LogP contribution in [-0.4, -0.2) is 88.9 Å². The molecule has 4 aliphatic rings. The molecule has 0 spiro atoms. The number of amides is 4. The Kier molecular flexibility index (Phi) is 9.90. The summed E-state index contributed by atoms with van der Waals surface area (Å²) in [5.41, 5.74) is 2.69. The normalized spacial score (nSPS) is 21.6. The summed E-state index contributed by atoms with van der Waals surface area (Å²) in [6.07, 6.45) is 7.82. The number of nitriles is 1. The van der Waals surface area contributed by atoms with E-state index in [4.69, 9.17) is 21.6 Å². The van der Waals surface area contributed by atoms with Crippen LogP contribution in [-0.2, 0) is 4.79 Å². The largest absolute Gasteiger partial charge is 0.490 e. The van der Waals surface area contributed by atoms with Crippen LogP contribution in [0.2, 0.25) is 5.02 Å². The van der Waals surface area contributed by atoms with E-state index >= 15 is 0 Å². The first-order valence-electron chi connectivity index (χ1n) is 18.5. The minimum Gasteiger partial charge on any atom is -0.490 e. The zero-order valence-corrected chi connectivity index (χ0v) is 30.2. The molecule has 274 valence electrons. The highest BCUT2D eigenvalue weighted by molar-refractivity contribution is 6.31. The molecule has 4 amide bonds. The molecule has 53 heavy (non-hydrogen) atoms. The van der Waals surface area contributed by atoms with Crippen molar-refractivity contribution in [1.82, 2.24) is 30.3 Å². The molecule has 3 aliphatic heterocycles. The van der Waals surface area contributed by atoms with Crippen LogP contribution in [0.5, 0.6) is 5.75 Å². The maximum Gasteiger partial charge on any atom is 0.328 e. The van der Waals surface area contributed by atoms with Crippen LogP contribution in [0.4, 0.5) is 16.3 Å². The van der Waals surface area contributed by atoms with Crippen molar-refractivity contribution in [3.8, 4) is 11.8 Å². The molecule has 2 aromatic carbocycles. The number of likely N-dealkylation sites (tertiary alicyclic amines) is 1. The van der Waals surface area contributed by atoms with Gasteiger partial charge in [0.05, 0.1) is 33.9 Å². The lowest BCUT2D eigenvalue weighted by Crippen LogP contribution is -2.50. The molecule has 14 heteroatoms. The number of hydrogen-bond acceptors (Lipinski definition) is 9. The highest BCUT2D eigenvalue weighted by Crippen LogP contribution is 2.34. The summed E-state index contributed by atoms with van der Waals surface area (Å²) in [7, 11) is 0. The van der Waals surface area contributed by atoms with Gasteiger partial charge in [0, 0.05) is 69.4 Å². The topological polar surface area (TPSA) is 149 Å². The fraction of sp³-hybridized carbons (Fsp3) is 0.436. The number of piperidine rings is 1. The van der Waals surface area contributed by atoms with E-state index in [0.717, 1.165) is 93.7 Å². The molecular weight excluding hydrogens is 694 g/mol. The number of urea groups is 1. The monoisotopic (exact) mass is 735 g/mol. The van der Waals surface area contributed by atoms with E-state index in [9.17, 15) is 14.4 Å². The van der Waals surface area contributed by atoms with Crippen molar-refractivity contribution >= 4 is 51.9 Å². The fourth-order valence-electron chi connectivity index (χ4n) is 8.15. The predicted octanol–water partition coefficient (Wildman–Crippen LogP) is 5.30. The molecule has 0 bridgehead atoms. The van der Waals surface area contributed by atoms with Gasteiger partial charge in [-0.25, -0.2) is 4.79 Å². The van der Waals surface area contributed by atoms with E-state index < -0.39 is 0 Å². The number of anilines is 2. The SMILES string of the molecule is N#Cc1ccc(O[C@H]2CC[C@H](NC(=O)c3ccc(N4CCC(CN5CC(n6ccc7c(N8CCC(=O)NC8=O)cccc76)C5)CC4)nn3)CC2)cc1Cl. The number of carbonyl (C=O) groups is 3. The standard InChI is InChI=1S/C39H42ClN9O4/c40-32-20-30(7-4-26(32)21-41)53-29-8-5-27(6-9-29)42-38(51)33-10-11-36(45-44-33)47-16-12-25(13-17-47)22-46-23-28(24-46)48-18-14-31-34(48)2-1-3-35(31)49-19-15-37(50)43-39(49)52/h1-4,7,10-11,14,18,20,25,27-29H,5-6,8-9,12-13,15-17,19,22-24H2,(H,42,51)(H,43,50,52)/t27-,29-. The molecule has 0 atom stereocenters. The Hall–Kier alpha value is -5.19. The van der Waals surface area contributed by atoms with Crippen LogP contribution in [0.25, 0.3) is 10.9 Å². The molecule has 13 nitrogen and oxygen atoms in total. The molecule has 2 N–H and O–H groups in total. The zero-order valence-electron chi connectivity index (χ0n) is 29.4. The number of nitrogens with one attached hydrogen (secondary N) is 2. The number of rotatable bonds is 9. The van der Waals surface area contributed by atoms with Crippen molar-refractivity contribution in [2.45, 2.75) is 63.1 Å². The summed E-state index contributed by atoms with van der Waals surface area (Å²) in [5.74, 6) is 1.63. The van der Waals surface area contributed by atoms with Gasteiger partial charge < -0.3 is 19.5 Å². The first kappa shape index (κ1) is 34.9. The van der Waals surface area contributed by atoms with Gasteiger partial charge in [-0.3, -0.25) is 24.7 Å². The van der Waals surface area contributed by atoms with Gasteiger partial charge in [-0.15, -0.1) is 10.2 Å². The van der Waals surface area contributed by atoms with Crippen molar-refractivity contribution in [3.63, 3.8) is 0 Å². The Balaban J connectivity index is 0.763. The molecule has 5 heterocycles. The Morgan fingerprint density at radius 3 is 2.51 bits per heavy atom. The van der Waals surface area contributed by atoms with Gasteiger partial charge in [0.25, 0.3) is 5.91 Å². The number of ether oxygens (including phenoxy) is 1. The quantitative estimate of drug-likeness (QED) is 0.234. The second kappa shape index (κ2) is 15.0. The third-order valence-corrected chi connectivity index (χ3v) is 11.4. The lowest BCUT2D eigenvalue weighted by atomic mass is 9.92.